The third-order valence-corrected chi connectivity index (χ3v) is 5.82. The number of carbonyl (C=O) groups is 1. The number of ether oxygens (including phenoxy) is 1. The number of aromatic nitrogens is 3. The lowest BCUT2D eigenvalue weighted by Gasteiger charge is -2.22. The third kappa shape index (κ3) is 5.96. The lowest BCUT2D eigenvalue weighted by molar-refractivity contribution is -0.143. The van der Waals surface area contributed by atoms with Gasteiger partial charge in [-0.1, -0.05) is 0 Å². The summed E-state index contributed by atoms with van der Waals surface area (Å²) >= 11 is 1.13. The van der Waals surface area contributed by atoms with Gasteiger partial charge in [0.25, 0.3) is 0 Å². The molecule has 202 valence electrons. The number of hydrogen-bond donors (Lipinski definition) is 0. The summed E-state index contributed by atoms with van der Waals surface area (Å²) in [5.74, 6) is 0.511. The van der Waals surface area contributed by atoms with Crippen LogP contribution >= 0.6 is 11.3 Å². The maximum absolute atomic E-state index is 14.0. The van der Waals surface area contributed by atoms with Crippen LogP contribution in [0.25, 0.3) is 5.69 Å². The van der Waals surface area contributed by atoms with Crippen LogP contribution in [0, 0.1) is 17.8 Å². The fraction of sp³-hybridized carbons (Fsp3) is 0.125. The van der Waals surface area contributed by atoms with E-state index in [1.807, 2.05) is 0 Å². The molecule has 0 bridgehead atoms. The van der Waals surface area contributed by atoms with Crippen LogP contribution in [-0.4, -0.2) is 27.3 Å². The summed E-state index contributed by atoms with van der Waals surface area (Å²) in [5.41, 5.74) is -5.86. The summed E-state index contributed by atoms with van der Waals surface area (Å²) in [6.45, 7) is 0. The van der Waals surface area contributed by atoms with E-state index in [2.05, 4.69) is 16.9 Å². The van der Waals surface area contributed by atoms with E-state index in [0.29, 0.717) is 19.0 Å². The van der Waals surface area contributed by atoms with Crippen LogP contribution in [0.15, 0.2) is 65.2 Å². The first-order valence-electron chi connectivity index (χ1n) is 10.5. The fourth-order valence-corrected chi connectivity index (χ4v) is 3.72. The van der Waals surface area contributed by atoms with Gasteiger partial charge in [0.2, 0.25) is 0 Å². The van der Waals surface area contributed by atoms with Gasteiger partial charge in [-0.05, 0) is 42.3 Å². The number of nitrogens with zero attached hydrogens (tertiary/aromatic N) is 4. The van der Waals surface area contributed by atoms with Crippen LogP contribution in [0.3, 0.4) is 0 Å². The van der Waals surface area contributed by atoms with Crippen LogP contribution < -0.4 is 15.3 Å². The lowest BCUT2D eigenvalue weighted by atomic mass is 10.1. The van der Waals surface area contributed by atoms with Crippen LogP contribution in [-0.2, 0) is 12.4 Å². The minimum Gasteiger partial charge on any atom is -0.407 e. The van der Waals surface area contributed by atoms with Crippen molar-refractivity contribution in [3.8, 4) is 23.4 Å². The maximum atomic E-state index is 14.0. The Bertz CT molecular complexity index is 1630. The van der Waals surface area contributed by atoms with Crippen molar-refractivity contribution < 1.29 is 40.3 Å². The van der Waals surface area contributed by atoms with E-state index in [0.717, 1.165) is 55.0 Å². The van der Waals surface area contributed by atoms with Crippen LogP contribution in [0.1, 0.15) is 16.1 Å². The Labute approximate surface area is 218 Å². The second kappa shape index (κ2) is 10.3. The number of rotatable bonds is 3. The van der Waals surface area contributed by atoms with Crippen LogP contribution in [0.5, 0.6) is 5.75 Å². The standard InChI is InChI=1S/C24H13F7N4O3S/c1-33(16-4-2-15(25)3-5-16)22(37)38-20-17(24(29,30)31)12-14(23(26,27)28)13-18(20)35-10-9-34(21(35)36)8-6-19-32-7-11-39-19/h2-5,7,9-13H,1H3. The molecule has 0 N–H and O–H groups in total. The highest BCUT2D eigenvalue weighted by Crippen LogP contribution is 2.44. The zero-order chi connectivity index (χ0) is 28.5. The second-order valence-corrected chi connectivity index (χ2v) is 8.56. The summed E-state index contributed by atoms with van der Waals surface area (Å²) < 4.78 is 102. The molecule has 0 fully saturated rings. The highest BCUT2D eigenvalue weighted by atomic mass is 32.1. The molecule has 0 unspecified atom stereocenters. The van der Waals surface area contributed by atoms with Gasteiger partial charge in [-0.3, -0.25) is 9.47 Å². The largest absolute Gasteiger partial charge is 0.420 e. The number of halogens is 7. The molecule has 4 aromatic rings. The van der Waals surface area contributed by atoms with Gasteiger partial charge in [-0.2, -0.15) is 26.3 Å². The third-order valence-electron chi connectivity index (χ3n) is 5.13. The Hall–Kier alpha value is -4.58. The molecule has 15 heteroatoms. The maximum Gasteiger partial charge on any atom is 0.420 e. The zero-order valence-electron chi connectivity index (χ0n) is 19.3. The molecule has 2 aromatic carbocycles. The summed E-state index contributed by atoms with van der Waals surface area (Å²) in [4.78, 5) is 30.3. The van der Waals surface area contributed by atoms with Crippen molar-refractivity contribution in [1.82, 2.24) is 14.1 Å². The normalized spacial score (nSPS) is 11.6. The summed E-state index contributed by atoms with van der Waals surface area (Å²) in [6.07, 6.45) is -8.82. The van der Waals surface area contributed by atoms with Crippen LogP contribution in [0.4, 0.5) is 41.2 Å². The quantitative estimate of drug-likeness (QED) is 0.232. The van der Waals surface area contributed by atoms with Crippen molar-refractivity contribution >= 4 is 23.1 Å². The molecule has 39 heavy (non-hydrogen) atoms. The smallest absolute Gasteiger partial charge is 0.407 e. The van der Waals surface area contributed by atoms with E-state index in [1.54, 1.807) is 5.38 Å². The molecule has 0 spiro atoms. The van der Waals surface area contributed by atoms with Gasteiger partial charge < -0.3 is 4.74 Å². The van der Waals surface area contributed by atoms with E-state index in [1.165, 1.54) is 6.20 Å². The molecule has 0 aliphatic carbocycles. The topological polar surface area (TPSA) is 69.4 Å². The minimum atomic E-state index is -5.43. The van der Waals surface area contributed by atoms with Gasteiger partial charge in [0.05, 0.1) is 11.3 Å². The minimum absolute atomic E-state index is 0.00389. The SMILES string of the molecule is CN(C(=O)Oc1c(-n2ccn(C#Cc3nccs3)c2=O)cc(C(F)(F)F)cc1C(F)(F)F)c1ccc(F)cc1. The first-order valence-corrected chi connectivity index (χ1v) is 11.4. The number of carbonyl (C=O) groups excluding carboxylic acids is 1. The molecule has 0 radical (unpaired) electrons. The Morgan fingerprint density at radius 3 is 2.33 bits per heavy atom. The summed E-state index contributed by atoms with van der Waals surface area (Å²) in [7, 11) is 1.09. The molecular weight excluding hydrogens is 557 g/mol. The highest BCUT2D eigenvalue weighted by molar-refractivity contribution is 7.10. The van der Waals surface area contributed by atoms with E-state index >= 15 is 0 Å². The second-order valence-electron chi connectivity index (χ2n) is 7.67. The molecule has 1 amide bonds. The van der Waals surface area contributed by atoms with Crippen molar-refractivity contribution in [3.63, 3.8) is 0 Å². The number of anilines is 1. The molecule has 0 atom stereocenters. The van der Waals surface area contributed by atoms with Gasteiger partial charge in [0.1, 0.15) is 11.4 Å². The summed E-state index contributed by atoms with van der Waals surface area (Å²) in [5, 5.41) is 1.90. The first kappa shape index (κ1) is 27.5. The average Bonchev–Trinajstić information content (AvgIpc) is 3.51. The molecule has 0 aliphatic heterocycles. The molecule has 0 saturated carbocycles. The number of imidazole rings is 1. The van der Waals surface area contributed by atoms with Gasteiger partial charge >= 0.3 is 24.1 Å². The van der Waals surface area contributed by atoms with E-state index < -0.39 is 52.5 Å². The molecular formula is C24H13F7N4O3S. The molecule has 0 saturated heterocycles. The van der Waals surface area contributed by atoms with Gasteiger partial charge in [0, 0.05) is 42.8 Å². The Kier molecular flexibility index (Phi) is 7.25. The number of benzene rings is 2. The van der Waals surface area contributed by atoms with Gasteiger partial charge in [0.15, 0.2) is 10.8 Å². The molecule has 0 aliphatic rings. The number of alkyl halides is 6. The monoisotopic (exact) mass is 570 g/mol. The van der Waals surface area contributed by atoms with Crippen molar-refractivity contribution in [2.45, 2.75) is 12.4 Å². The Morgan fingerprint density at radius 1 is 1.05 bits per heavy atom. The summed E-state index contributed by atoms with van der Waals surface area (Å²) in [6, 6.07) is 6.60. The van der Waals surface area contributed by atoms with Crippen LogP contribution in [0.2, 0.25) is 0 Å². The molecule has 7 nitrogen and oxygen atoms in total. The Balaban J connectivity index is 1.87. The van der Waals surface area contributed by atoms with E-state index in [-0.39, 0.29) is 17.8 Å². The average molecular weight is 570 g/mol. The van der Waals surface area contributed by atoms with E-state index in [9.17, 15) is 40.3 Å². The molecule has 2 heterocycles. The predicted molar refractivity (Wildman–Crippen MR) is 125 cm³/mol. The van der Waals surface area contributed by atoms with Crippen molar-refractivity contribution in [1.29, 1.82) is 0 Å². The number of amides is 1. The van der Waals surface area contributed by atoms with Crippen molar-refractivity contribution in [3.05, 3.63) is 92.8 Å². The zero-order valence-corrected chi connectivity index (χ0v) is 20.2. The Morgan fingerprint density at radius 2 is 1.74 bits per heavy atom. The number of thiazole rings is 1. The number of hydrogen-bond acceptors (Lipinski definition) is 5. The fourth-order valence-electron chi connectivity index (χ4n) is 3.24. The first-order chi connectivity index (χ1) is 18.3. The highest BCUT2D eigenvalue weighted by Gasteiger charge is 2.42. The van der Waals surface area contributed by atoms with Gasteiger partial charge in [-0.25, -0.2) is 23.5 Å². The van der Waals surface area contributed by atoms with Crippen molar-refractivity contribution in [2.24, 2.45) is 0 Å². The molecule has 4 rings (SSSR count). The van der Waals surface area contributed by atoms with E-state index in [4.69, 9.17) is 4.74 Å². The van der Waals surface area contributed by atoms with Gasteiger partial charge in [-0.15, -0.1) is 11.3 Å². The molecule has 2 aromatic heterocycles. The lowest BCUT2D eigenvalue weighted by Crippen LogP contribution is -2.31. The predicted octanol–water partition coefficient (Wildman–Crippen LogP) is 5.76. The van der Waals surface area contributed by atoms with Crippen molar-refractivity contribution in [2.75, 3.05) is 11.9 Å².